The van der Waals surface area contributed by atoms with Crippen LogP contribution >= 0.6 is 32.4 Å². The van der Waals surface area contributed by atoms with E-state index in [0.29, 0.717) is 0 Å². The SMILES string of the molecule is C1CCC(P(OC[C@@H]2CCCN2P(C2CCCC2)C2CCCC2)C2CCCCC2)CC1.C1CCC(P(OC[C@@H]2CCCN2P(C2CCCC2)C2CCCC2)C2CCCCC2)CC1.CCO[Si](CCCNC(=O)C(F)(F)C(F)(F)C(F)(F)C(=O)O)(OCC)OCC.CCO[Si](CCCNC(=O)C(F)(F)C(F)(F)C(F)(F)C(=O)O)(OCC)OCC.[Rh].[Rh]. The Bertz CT molecular complexity index is 2620. The molecule has 2 atom stereocenters. The van der Waals surface area contributed by atoms with Gasteiger partial charge in [0.2, 0.25) is 0 Å². The van der Waals surface area contributed by atoms with Gasteiger partial charge >= 0.3 is 65.1 Å². The van der Waals surface area contributed by atoms with Gasteiger partial charge in [-0.25, -0.2) is 9.59 Å². The number of alkyl halides is 12. The first-order chi connectivity index (χ1) is 56.3. The fourth-order valence-corrected chi connectivity index (χ4v) is 39.3. The molecule has 2 amide bonds. The fraction of sp³-hybridized carbons (Fsp3) is 0.951. The summed E-state index contributed by atoms with van der Waals surface area (Å²) in [5.41, 5.74) is 8.02. The third-order valence-electron chi connectivity index (χ3n) is 25.4. The zero-order chi connectivity index (χ0) is 86.2. The van der Waals surface area contributed by atoms with Crippen molar-refractivity contribution < 1.29 is 157 Å². The van der Waals surface area contributed by atoms with Crippen molar-refractivity contribution in [3.05, 3.63) is 0 Å². The van der Waals surface area contributed by atoms with E-state index in [1.807, 2.05) is 0 Å². The minimum absolute atomic E-state index is 0. The quantitative estimate of drug-likeness (QED) is 0.0193. The first-order valence-electron chi connectivity index (χ1n) is 45.4. The molecule has 0 spiro atoms. The van der Waals surface area contributed by atoms with E-state index in [-0.39, 0.29) is 136 Å². The van der Waals surface area contributed by atoms with Gasteiger partial charge in [-0.2, -0.15) is 52.7 Å². The summed E-state index contributed by atoms with van der Waals surface area (Å²) in [6.45, 7) is 15.0. The van der Waals surface area contributed by atoms with Crippen LogP contribution in [-0.2, 0) is 93.7 Å². The Labute approximate surface area is 741 Å². The standard InChI is InChI=1S/2C27H49NOP2.2C14H23F6NO6Si.2Rh/c2*1-3-17-26(18-4-1)31(27-19-5-2-6-20-27)29-22-23-12-11-21-28(23)30(24-13-7-8-14-24)25-15-9-10-16-25;2*1-4-25-28(26-5-2,27-6-3)9-7-8-21-10(22)12(15,16)14(19,20)13(17,18)11(23)24;;/h2*23-27H,1-22H2;2*4-9H2,1-3H3,(H,21,22)(H,23,24);;/t2*23-;;;;/m00..../s1. The molecule has 0 unspecified atom stereocenters. The summed E-state index contributed by atoms with van der Waals surface area (Å²) in [5.74, 6) is -49.5. The zero-order valence-electron chi connectivity index (χ0n) is 72.1. The maximum absolute atomic E-state index is 13.5. The Hall–Kier alpha value is 0.0405. The molecule has 0 aromatic carbocycles. The first kappa shape index (κ1) is 111. The number of carbonyl (C=O) groups excluding carboxylic acids is 2. The average molecular weight is 2020 g/mol. The number of aliphatic carboxylic acids is 2. The van der Waals surface area contributed by atoms with E-state index in [0.717, 1.165) is 70.6 Å². The van der Waals surface area contributed by atoms with Crippen molar-refractivity contribution in [2.24, 2.45) is 0 Å². The number of halogens is 12. The molecule has 8 aliphatic carbocycles. The molecule has 0 bridgehead atoms. The second-order valence-corrected chi connectivity index (χ2v) is 49.5. The van der Waals surface area contributed by atoms with Gasteiger partial charge in [-0.3, -0.25) is 18.9 Å². The van der Waals surface area contributed by atoms with Crippen molar-refractivity contribution in [3.8, 4) is 0 Å². The zero-order valence-corrected chi connectivity index (χ0v) is 80.9. The van der Waals surface area contributed by atoms with E-state index in [1.165, 1.54) is 229 Å². The van der Waals surface area contributed by atoms with E-state index in [1.54, 1.807) is 92.9 Å². The Balaban J connectivity index is 0.000000284. The van der Waals surface area contributed by atoms with Crippen LogP contribution in [0.2, 0.25) is 12.1 Å². The molecule has 8 saturated carbocycles. The molecule has 18 nitrogen and oxygen atoms in total. The number of carbonyl (C=O) groups is 4. The molecular weight excluding hydrogens is 1880 g/mol. The predicted molar refractivity (Wildman–Crippen MR) is 447 cm³/mol. The number of nitrogens with one attached hydrogen (secondary N) is 2. The number of carboxylic acids is 2. The summed E-state index contributed by atoms with van der Waals surface area (Å²) in [7, 11) is -6.55. The van der Waals surface area contributed by atoms with Crippen LogP contribution in [0.4, 0.5) is 52.7 Å². The molecule has 120 heavy (non-hydrogen) atoms. The second kappa shape index (κ2) is 54.8. The molecule has 38 heteroatoms. The molecule has 2 aliphatic heterocycles. The van der Waals surface area contributed by atoms with Crippen LogP contribution in [0.15, 0.2) is 0 Å². The fourth-order valence-electron chi connectivity index (χ4n) is 19.6. The van der Waals surface area contributed by atoms with Crippen LogP contribution in [-0.4, -0.2) is 233 Å². The van der Waals surface area contributed by atoms with E-state index in [4.69, 9.17) is 45.8 Å². The second-order valence-electron chi connectivity index (χ2n) is 33.6. The maximum Gasteiger partial charge on any atom is 0.500 e. The van der Waals surface area contributed by atoms with Gasteiger partial charge in [0.15, 0.2) is 0 Å². The van der Waals surface area contributed by atoms with Gasteiger partial charge < -0.3 is 56.5 Å². The molecule has 2 saturated heterocycles. The van der Waals surface area contributed by atoms with Gasteiger partial charge in [0, 0.05) is 168 Å². The van der Waals surface area contributed by atoms with E-state index >= 15 is 0 Å². The van der Waals surface area contributed by atoms with E-state index in [9.17, 15) is 71.9 Å². The van der Waals surface area contributed by atoms with Crippen LogP contribution in [0.3, 0.4) is 0 Å². The normalized spacial score (nSPS) is 22.3. The van der Waals surface area contributed by atoms with Gasteiger partial charge in [-0.1, -0.05) is 128 Å². The molecule has 10 rings (SSSR count). The van der Waals surface area contributed by atoms with E-state index < -0.39 is 90.0 Å². The van der Waals surface area contributed by atoms with Crippen molar-refractivity contribution in [1.82, 2.24) is 20.0 Å². The number of amides is 2. The average Bonchev–Trinajstić information content (AvgIpc) is 1.33. The summed E-state index contributed by atoms with van der Waals surface area (Å²) in [6.07, 6.45) is 59.6. The smallest absolute Gasteiger partial charge is 0.477 e. The molecule has 10 aliphatic rings. The molecule has 706 valence electrons. The van der Waals surface area contributed by atoms with Crippen molar-refractivity contribution >= 4 is 73.8 Å². The Morgan fingerprint density at radius 3 is 0.767 bits per heavy atom. The number of carboxylic acid groups (broad SMARTS) is 2. The van der Waals surface area contributed by atoms with Crippen molar-refractivity contribution in [3.63, 3.8) is 0 Å². The van der Waals surface area contributed by atoms with Crippen molar-refractivity contribution in [2.75, 3.05) is 79.0 Å². The van der Waals surface area contributed by atoms with Crippen LogP contribution in [0, 0.1) is 0 Å². The van der Waals surface area contributed by atoms with Crippen LogP contribution in [0.1, 0.15) is 311 Å². The summed E-state index contributed by atoms with van der Waals surface area (Å²) < 4.78 is 212. The largest absolute Gasteiger partial charge is 0.500 e. The third kappa shape index (κ3) is 30.6. The van der Waals surface area contributed by atoms with Gasteiger partial charge in [-0.05, 0) is 222 Å². The maximum atomic E-state index is 13.5. The van der Waals surface area contributed by atoms with Gasteiger partial charge in [-0.15, -0.1) is 0 Å². The number of hydrogen-bond donors (Lipinski definition) is 4. The Kier molecular flexibility index (Phi) is 50.5. The number of rotatable bonds is 44. The van der Waals surface area contributed by atoms with Crippen molar-refractivity contribution in [2.45, 2.75) is 416 Å². The van der Waals surface area contributed by atoms with Gasteiger partial charge in [0.05, 0.1) is 13.2 Å². The van der Waals surface area contributed by atoms with E-state index in [2.05, 4.69) is 9.34 Å². The van der Waals surface area contributed by atoms with Gasteiger partial charge in [0.1, 0.15) is 0 Å². The molecule has 0 aromatic heterocycles. The number of nitrogens with zero attached hydrogens (tertiary/aromatic N) is 2. The molecule has 0 aromatic rings. The predicted octanol–water partition coefficient (Wildman–Crippen LogP) is 22.7. The van der Waals surface area contributed by atoms with Crippen LogP contribution < -0.4 is 10.6 Å². The number of hydrogen-bond acceptors (Lipinski definition) is 14. The first-order valence-corrected chi connectivity index (χ1v) is 54.9. The summed E-state index contributed by atoms with van der Waals surface area (Å²) >= 11 is 0. The molecule has 10 fully saturated rings. The molecule has 4 N–H and O–H groups in total. The van der Waals surface area contributed by atoms with Gasteiger partial charge in [0.25, 0.3) is 11.8 Å². The van der Waals surface area contributed by atoms with Crippen LogP contribution in [0.25, 0.3) is 0 Å². The monoisotopic (exact) mass is 2020 g/mol. The summed E-state index contributed by atoms with van der Waals surface area (Å²) in [4.78, 5) is 43.0. The minimum Gasteiger partial charge on any atom is -0.477 e. The third-order valence-corrected chi connectivity index (χ3v) is 44.9. The Morgan fingerprint density at radius 2 is 0.550 bits per heavy atom. The topological polar surface area (TPSA) is 213 Å². The molecule has 2 radical (unpaired) electrons. The summed E-state index contributed by atoms with van der Waals surface area (Å²) in [6, 6.07) is 1.61. The molecule has 2 heterocycles. The van der Waals surface area contributed by atoms with Crippen LogP contribution in [0.5, 0.6) is 0 Å². The van der Waals surface area contributed by atoms with Crippen molar-refractivity contribution in [1.29, 1.82) is 0 Å². The summed E-state index contributed by atoms with van der Waals surface area (Å²) in [5, 5.41) is 18.9. The minimum atomic E-state index is -6.43. The molecular formula is C82H144F12N4O14P4Rh2Si2. The Morgan fingerprint density at radius 1 is 0.333 bits per heavy atom.